The highest BCUT2D eigenvalue weighted by Crippen LogP contribution is 2.19. The molecule has 0 unspecified atom stereocenters. The first kappa shape index (κ1) is 13.1. The molecule has 5 nitrogen and oxygen atoms in total. The molecule has 1 aliphatic heterocycles. The maximum absolute atomic E-state index is 5.96. The van der Waals surface area contributed by atoms with Crippen molar-refractivity contribution in [3.05, 3.63) is 41.6 Å². The predicted octanol–water partition coefficient (Wildman–Crippen LogP) is 2.71. The third-order valence-electron chi connectivity index (χ3n) is 3.06. The van der Waals surface area contributed by atoms with E-state index in [2.05, 4.69) is 20.2 Å². The van der Waals surface area contributed by atoms with Crippen molar-refractivity contribution in [3.63, 3.8) is 0 Å². The molecule has 1 aliphatic rings. The molecule has 0 spiro atoms. The molecule has 1 fully saturated rings. The van der Waals surface area contributed by atoms with Crippen LogP contribution in [0.25, 0.3) is 0 Å². The summed E-state index contributed by atoms with van der Waals surface area (Å²) in [5.74, 6) is 1.48. The number of ether oxygens (including phenoxy) is 1. The van der Waals surface area contributed by atoms with E-state index in [1.165, 1.54) is 0 Å². The van der Waals surface area contributed by atoms with Gasteiger partial charge in [0.1, 0.15) is 5.82 Å². The number of hydrogen-bond acceptors (Lipinski definition) is 5. The normalized spacial score (nSPS) is 15.2. The monoisotopic (exact) mass is 290 g/mol. The molecule has 0 amide bonds. The Hall–Kier alpha value is -1.85. The van der Waals surface area contributed by atoms with Crippen molar-refractivity contribution in [1.29, 1.82) is 0 Å². The van der Waals surface area contributed by atoms with Gasteiger partial charge in [-0.3, -0.25) is 0 Å². The number of halogens is 1. The zero-order valence-electron chi connectivity index (χ0n) is 10.9. The average Bonchev–Trinajstić information content (AvgIpc) is 2.48. The van der Waals surface area contributed by atoms with Gasteiger partial charge in [-0.1, -0.05) is 17.7 Å². The summed E-state index contributed by atoms with van der Waals surface area (Å²) in [6.45, 7) is 3.18. The number of aromatic nitrogens is 2. The van der Waals surface area contributed by atoms with Gasteiger partial charge >= 0.3 is 0 Å². The zero-order chi connectivity index (χ0) is 13.8. The lowest BCUT2D eigenvalue weighted by atomic mass is 10.3. The van der Waals surface area contributed by atoms with Crippen LogP contribution in [0.15, 0.2) is 36.5 Å². The first-order valence-corrected chi connectivity index (χ1v) is 6.87. The lowest BCUT2D eigenvalue weighted by Crippen LogP contribution is -2.36. The van der Waals surface area contributed by atoms with Crippen LogP contribution in [0.1, 0.15) is 0 Å². The second kappa shape index (κ2) is 6.07. The predicted molar refractivity (Wildman–Crippen MR) is 79.8 cm³/mol. The van der Waals surface area contributed by atoms with Crippen LogP contribution >= 0.6 is 11.6 Å². The molecule has 1 saturated heterocycles. The Balaban J connectivity index is 1.77. The summed E-state index contributed by atoms with van der Waals surface area (Å²) in [4.78, 5) is 11.0. The summed E-state index contributed by atoms with van der Waals surface area (Å²) in [5.41, 5.74) is 0.872. The highest BCUT2D eigenvalue weighted by atomic mass is 35.5. The summed E-state index contributed by atoms with van der Waals surface area (Å²) in [7, 11) is 0. The smallest absolute Gasteiger partial charge is 0.229 e. The number of nitrogens with one attached hydrogen (secondary N) is 1. The Morgan fingerprint density at radius 1 is 1.20 bits per heavy atom. The van der Waals surface area contributed by atoms with E-state index in [0.29, 0.717) is 11.0 Å². The fourth-order valence-electron chi connectivity index (χ4n) is 2.07. The van der Waals surface area contributed by atoms with Crippen LogP contribution in [0.2, 0.25) is 5.02 Å². The van der Waals surface area contributed by atoms with E-state index in [1.807, 2.05) is 30.3 Å². The van der Waals surface area contributed by atoms with Gasteiger partial charge in [-0.2, -0.15) is 4.98 Å². The third-order valence-corrected chi connectivity index (χ3v) is 3.29. The van der Waals surface area contributed by atoms with Gasteiger partial charge in [0.25, 0.3) is 0 Å². The first-order valence-electron chi connectivity index (χ1n) is 6.49. The second-order valence-corrected chi connectivity index (χ2v) is 4.91. The molecule has 0 atom stereocenters. The zero-order valence-corrected chi connectivity index (χ0v) is 11.7. The van der Waals surface area contributed by atoms with Crippen LogP contribution in [0.3, 0.4) is 0 Å². The largest absolute Gasteiger partial charge is 0.378 e. The molecule has 0 aliphatic carbocycles. The number of benzene rings is 1. The van der Waals surface area contributed by atoms with Gasteiger partial charge in [0, 0.05) is 30.0 Å². The SMILES string of the molecule is Clc1cccc(Nc2nccc(N3CCOCC3)n2)c1. The van der Waals surface area contributed by atoms with Gasteiger partial charge < -0.3 is 15.0 Å². The standard InChI is InChI=1S/C14H15ClN4O/c15-11-2-1-3-12(10-11)17-14-16-5-4-13(18-14)19-6-8-20-9-7-19/h1-5,10H,6-9H2,(H,16,17,18). The van der Waals surface area contributed by atoms with E-state index in [9.17, 15) is 0 Å². The Kier molecular flexibility index (Phi) is 3.99. The van der Waals surface area contributed by atoms with Crippen molar-refractivity contribution in [3.8, 4) is 0 Å². The fraction of sp³-hybridized carbons (Fsp3) is 0.286. The van der Waals surface area contributed by atoms with Crippen LogP contribution in [0.5, 0.6) is 0 Å². The topological polar surface area (TPSA) is 50.3 Å². The van der Waals surface area contributed by atoms with Crippen molar-refractivity contribution in [1.82, 2.24) is 9.97 Å². The molecular formula is C14H15ClN4O. The lowest BCUT2D eigenvalue weighted by molar-refractivity contribution is 0.122. The molecule has 0 saturated carbocycles. The van der Waals surface area contributed by atoms with E-state index in [4.69, 9.17) is 16.3 Å². The van der Waals surface area contributed by atoms with Crippen LogP contribution in [0, 0.1) is 0 Å². The Labute approximate surface area is 122 Å². The summed E-state index contributed by atoms with van der Waals surface area (Å²) in [6, 6.07) is 9.39. The molecule has 6 heteroatoms. The quantitative estimate of drug-likeness (QED) is 0.942. The minimum absolute atomic E-state index is 0.566. The molecule has 2 heterocycles. The van der Waals surface area contributed by atoms with Gasteiger partial charge in [-0.25, -0.2) is 4.98 Å². The van der Waals surface area contributed by atoms with Gasteiger partial charge in [0.05, 0.1) is 13.2 Å². The molecule has 1 aromatic carbocycles. The maximum Gasteiger partial charge on any atom is 0.229 e. The number of anilines is 3. The highest BCUT2D eigenvalue weighted by Gasteiger charge is 2.13. The number of rotatable bonds is 3. The van der Waals surface area contributed by atoms with E-state index in [-0.39, 0.29) is 0 Å². The van der Waals surface area contributed by atoms with Crippen LogP contribution < -0.4 is 10.2 Å². The summed E-state index contributed by atoms with van der Waals surface area (Å²) in [5, 5.41) is 3.84. The number of hydrogen-bond donors (Lipinski definition) is 1. The van der Waals surface area contributed by atoms with Crippen molar-refractivity contribution in [2.45, 2.75) is 0 Å². The molecule has 1 N–H and O–H groups in total. The van der Waals surface area contributed by atoms with Crippen molar-refractivity contribution >= 4 is 29.1 Å². The molecule has 104 valence electrons. The molecule has 20 heavy (non-hydrogen) atoms. The van der Waals surface area contributed by atoms with Crippen molar-refractivity contribution < 1.29 is 4.74 Å². The lowest BCUT2D eigenvalue weighted by Gasteiger charge is -2.27. The minimum atomic E-state index is 0.566. The van der Waals surface area contributed by atoms with Gasteiger partial charge in [-0.05, 0) is 24.3 Å². The molecular weight excluding hydrogens is 276 g/mol. The van der Waals surface area contributed by atoms with Gasteiger partial charge in [-0.15, -0.1) is 0 Å². The van der Waals surface area contributed by atoms with E-state index >= 15 is 0 Å². The van der Waals surface area contributed by atoms with Crippen LogP contribution in [-0.2, 0) is 4.74 Å². The first-order chi connectivity index (χ1) is 9.81. The molecule has 2 aromatic rings. The average molecular weight is 291 g/mol. The minimum Gasteiger partial charge on any atom is -0.378 e. The summed E-state index contributed by atoms with van der Waals surface area (Å²) >= 11 is 5.96. The Bertz CT molecular complexity index is 587. The summed E-state index contributed by atoms with van der Waals surface area (Å²) in [6.07, 6.45) is 1.75. The highest BCUT2D eigenvalue weighted by molar-refractivity contribution is 6.30. The van der Waals surface area contributed by atoms with Crippen LogP contribution in [-0.4, -0.2) is 36.3 Å². The van der Waals surface area contributed by atoms with Crippen molar-refractivity contribution in [2.24, 2.45) is 0 Å². The number of morpholine rings is 1. The molecule has 0 bridgehead atoms. The van der Waals surface area contributed by atoms with Gasteiger partial charge in [0.2, 0.25) is 5.95 Å². The van der Waals surface area contributed by atoms with E-state index < -0.39 is 0 Å². The van der Waals surface area contributed by atoms with E-state index in [0.717, 1.165) is 37.8 Å². The van der Waals surface area contributed by atoms with Crippen LogP contribution in [0.4, 0.5) is 17.5 Å². The molecule has 0 radical (unpaired) electrons. The van der Waals surface area contributed by atoms with Crippen molar-refractivity contribution in [2.75, 3.05) is 36.5 Å². The third kappa shape index (κ3) is 3.18. The number of nitrogens with zero attached hydrogens (tertiary/aromatic N) is 3. The van der Waals surface area contributed by atoms with Gasteiger partial charge in [0.15, 0.2) is 0 Å². The Morgan fingerprint density at radius 2 is 2.05 bits per heavy atom. The maximum atomic E-state index is 5.96. The fourth-order valence-corrected chi connectivity index (χ4v) is 2.26. The summed E-state index contributed by atoms with van der Waals surface area (Å²) < 4.78 is 5.34. The van der Waals surface area contributed by atoms with E-state index in [1.54, 1.807) is 6.20 Å². The molecule has 3 rings (SSSR count). The Morgan fingerprint density at radius 3 is 2.85 bits per heavy atom. The molecule has 1 aromatic heterocycles. The second-order valence-electron chi connectivity index (χ2n) is 4.47.